The van der Waals surface area contributed by atoms with Crippen molar-refractivity contribution in [1.82, 2.24) is 10.2 Å². The molecule has 0 bridgehead atoms. The molecule has 1 heterocycles. The molecule has 22 heavy (non-hydrogen) atoms. The molecule has 2 atom stereocenters. The van der Waals surface area contributed by atoms with Gasteiger partial charge >= 0.3 is 0 Å². The lowest BCUT2D eigenvalue weighted by atomic mass is 9.95. The lowest BCUT2D eigenvalue weighted by Crippen LogP contribution is -2.36. The summed E-state index contributed by atoms with van der Waals surface area (Å²) in [7, 11) is 1.80. The molecular weight excluding hydrogens is 347 g/mol. The topological polar surface area (TPSA) is 41.6 Å². The van der Waals surface area contributed by atoms with Gasteiger partial charge in [-0.05, 0) is 17.7 Å². The predicted molar refractivity (Wildman–Crippen MR) is 92.1 cm³/mol. The zero-order valence-corrected chi connectivity index (χ0v) is 15.0. The lowest BCUT2D eigenvalue weighted by Gasteiger charge is -2.29. The highest BCUT2D eigenvalue weighted by atomic mass is 35.5. The minimum Gasteiger partial charge on any atom is -0.372 e. The molecule has 124 valence electrons. The molecule has 1 saturated heterocycles. The summed E-state index contributed by atoms with van der Waals surface area (Å²) in [5.74, 6) is 0.214. The van der Waals surface area contributed by atoms with E-state index in [0.29, 0.717) is 23.2 Å². The number of halogens is 3. The van der Waals surface area contributed by atoms with Gasteiger partial charge in [0, 0.05) is 39.5 Å². The molecule has 1 aromatic rings. The van der Waals surface area contributed by atoms with Crippen LogP contribution in [-0.4, -0.2) is 44.1 Å². The predicted octanol–water partition coefficient (Wildman–Crippen LogP) is 3.17. The number of carbonyl (C=O) groups is 1. The van der Waals surface area contributed by atoms with Crippen LogP contribution < -0.4 is 5.32 Å². The zero-order chi connectivity index (χ0) is 15.4. The second kappa shape index (κ2) is 8.94. The first kappa shape index (κ1) is 19.5. The number of nitrogens with one attached hydrogen (secondary N) is 1. The molecule has 1 fully saturated rings. The molecule has 0 aromatic heterocycles. The highest BCUT2D eigenvalue weighted by Crippen LogP contribution is 2.32. The summed E-state index contributed by atoms with van der Waals surface area (Å²) in [6.45, 7) is 4.43. The fraction of sp³-hybridized carbons (Fsp3) is 0.533. The Balaban J connectivity index is 0.00000242. The Morgan fingerprint density at radius 1 is 1.41 bits per heavy atom. The van der Waals surface area contributed by atoms with Crippen LogP contribution in [0.1, 0.15) is 18.6 Å². The Morgan fingerprint density at radius 2 is 2.14 bits per heavy atom. The molecule has 0 aliphatic carbocycles. The monoisotopic (exact) mass is 366 g/mol. The molecule has 4 nitrogen and oxygen atoms in total. The van der Waals surface area contributed by atoms with Crippen molar-refractivity contribution in [3.05, 3.63) is 33.8 Å². The van der Waals surface area contributed by atoms with E-state index in [-0.39, 0.29) is 30.3 Å². The Hall–Kier alpha value is -0.520. The second-order valence-electron chi connectivity index (χ2n) is 5.33. The van der Waals surface area contributed by atoms with Crippen LogP contribution in [0.2, 0.25) is 10.0 Å². The van der Waals surface area contributed by atoms with Crippen LogP contribution in [0.4, 0.5) is 0 Å². The van der Waals surface area contributed by atoms with Crippen molar-refractivity contribution in [2.45, 2.75) is 13.0 Å². The van der Waals surface area contributed by atoms with Crippen molar-refractivity contribution in [3.8, 4) is 0 Å². The summed E-state index contributed by atoms with van der Waals surface area (Å²) >= 11 is 12.1. The van der Waals surface area contributed by atoms with E-state index in [2.05, 4.69) is 5.32 Å². The summed E-state index contributed by atoms with van der Waals surface area (Å²) < 4.78 is 5.97. The summed E-state index contributed by atoms with van der Waals surface area (Å²) in [6, 6.07) is 5.57. The van der Waals surface area contributed by atoms with Gasteiger partial charge in [0.05, 0.1) is 22.8 Å². The van der Waals surface area contributed by atoms with Gasteiger partial charge in [-0.3, -0.25) is 4.79 Å². The number of hydrogen-bond donors (Lipinski definition) is 1. The molecule has 1 amide bonds. The molecule has 1 aliphatic heterocycles. The average molecular weight is 368 g/mol. The zero-order valence-electron chi connectivity index (χ0n) is 12.6. The van der Waals surface area contributed by atoms with Gasteiger partial charge in [-0.15, -0.1) is 12.4 Å². The van der Waals surface area contributed by atoms with Gasteiger partial charge in [0.25, 0.3) is 0 Å². The van der Waals surface area contributed by atoms with Gasteiger partial charge in [-0.25, -0.2) is 0 Å². The van der Waals surface area contributed by atoms with E-state index < -0.39 is 0 Å². The Morgan fingerprint density at radius 3 is 2.77 bits per heavy atom. The number of ether oxygens (including phenoxy) is 1. The van der Waals surface area contributed by atoms with Crippen LogP contribution >= 0.6 is 35.6 Å². The fourth-order valence-corrected chi connectivity index (χ4v) is 2.79. The van der Waals surface area contributed by atoms with Gasteiger partial charge in [0.2, 0.25) is 5.91 Å². The van der Waals surface area contributed by atoms with E-state index in [1.54, 1.807) is 24.9 Å². The third-order valence-corrected chi connectivity index (χ3v) is 4.47. The van der Waals surface area contributed by atoms with Gasteiger partial charge < -0.3 is 15.0 Å². The summed E-state index contributed by atoms with van der Waals surface area (Å²) in [6.07, 6.45) is -0.100. The van der Waals surface area contributed by atoms with E-state index in [1.807, 2.05) is 12.1 Å². The van der Waals surface area contributed by atoms with Crippen LogP contribution in [0.3, 0.4) is 0 Å². The SMILES string of the molecule is CC(=O)N(C)C[C@@H]1CNCCO[C@H]1c1ccc(Cl)c(Cl)c1.Cl. The highest BCUT2D eigenvalue weighted by molar-refractivity contribution is 6.42. The van der Waals surface area contributed by atoms with E-state index in [9.17, 15) is 4.79 Å². The first-order valence-electron chi connectivity index (χ1n) is 6.98. The first-order chi connectivity index (χ1) is 9.99. The molecule has 0 spiro atoms. The van der Waals surface area contributed by atoms with Crippen LogP contribution in [0, 0.1) is 5.92 Å². The third-order valence-electron chi connectivity index (χ3n) is 3.73. The molecule has 1 aliphatic rings. The number of rotatable bonds is 3. The molecule has 1 N–H and O–H groups in total. The van der Waals surface area contributed by atoms with Gasteiger partial charge in [-0.2, -0.15) is 0 Å². The number of carbonyl (C=O) groups excluding carboxylic acids is 1. The minimum atomic E-state index is -0.100. The fourth-order valence-electron chi connectivity index (χ4n) is 2.49. The summed E-state index contributed by atoms with van der Waals surface area (Å²) in [5, 5.41) is 4.40. The van der Waals surface area contributed by atoms with Crippen molar-refractivity contribution in [1.29, 1.82) is 0 Å². The quantitative estimate of drug-likeness (QED) is 0.892. The van der Waals surface area contributed by atoms with Crippen LogP contribution in [0.25, 0.3) is 0 Å². The highest BCUT2D eigenvalue weighted by Gasteiger charge is 2.28. The van der Waals surface area contributed by atoms with E-state index in [1.165, 1.54) is 0 Å². The van der Waals surface area contributed by atoms with Crippen LogP contribution in [-0.2, 0) is 9.53 Å². The van der Waals surface area contributed by atoms with Crippen molar-refractivity contribution >= 4 is 41.5 Å². The van der Waals surface area contributed by atoms with Crippen LogP contribution in [0.15, 0.2) is 18.2 Å². The van der Waals surface area contributed by atoms with E-state index >= 15 is 0 Å². The maximum absolute atomic E-state index is 11.5. The molecule has 0 saturated carbocycles. The maximum atomic E-state index is 11.5. The summed E-state index contributed by atoms with van der Waals surface area (Å²) in [4.78, 5) is 13.2. The molecule has 7 heteroatoms. The van der Waals surface area contributed by atoms with Gasteiger partial charge in [0.1, 0.15) is 0 Å². The average Bonchev–Trinajstić information content (AvgIpc) is 2.67. The number of benzene rings is 1. The Kier molecular flexibility index (Phi) is 7.94. The smallest absolute Gasteiger partial charge is 0.219 e. The standard InChI is InChI=1S/C15H20Cl2N2O2.ClH/c1-10(20)19(2)9-12-8-18-5-6-21-15(12)11-3-4-13(16)14(17)7-11;/h3-4,7,12,15,18H,5-6,8-9H2,1-2H3;1H/t12-,15-;/m0./s1. The van der Waals surface area contributed by atoms with E-state index in [0.717, 1.165) is 18.7 Å². The number of nitrogens with zero attached hydrogens (tertiary/aromatic N) is 1. The second-order valence-corrected chi connectivity index (χ2v) is 6.14. The Bertz CT molecular complexity index is 514. The van der Waals surface area contributed by atoms with Crippen molar-refractivity contribution in [2.75, 3.05) is 33.3 Å². The molecule has 1 aromatic carbocycles. The number of amides is 1. The number of hydrogen-bond acceptors (Lipinski definition) is 3. The summed E-state index contributed by atoms with van der Waals surface area (Å²) in [5.41, 5.74) is 0.995. The largest absolute Gasteiger partial charge is 0.372 e. The van der Waals surface area contributed by atoms with Gasteiger partial charge in [0.15, 0.2) is 0 Å². The Labute approximate surface area is 147 Å². The molecule has 0 unspecified atom stereocenters. The third kappa shape index (κ3) is 5.00. The maximum Gasteiger partial charge on any atom is 0.219 e. The van der Waals surface area contributed by atoms with Crippen molar-refractivity contribution in [2.24, 2.45) is 5.92 Å². The lowest BCUT2D eigenvalue weighted by molar-refractivity contribution is -0.128. The van der Waals surface area contributed by atoms with E-state index in [4.69, 9.17) is 27.9 Å². The van der Waals surface area contributed by atoms with Gasteiger partial charge in [-0.1, -0.05) is 29.3 Å². The molecule has 2 rings (SSSR count). The minimum absolute atomic E-state index is 0. The molecule has 0 radical (unpaired) electrons. The normalized spacial score (nSPS) is 21.6. The van der Waals surface area contributed by atoms with Crippen molar-refractivity contribution < 1.29 is 9.53 Å². The first-order valence-corrected chi connectivity index (χ1v) is 7.73. The molecular formula is C15H21Cl3N2O2. The van der Waals surface area contributed by atoms with Crippen molar-refractivity contribution in [3.63, 3.8) is 0 Å². The van der Waals surface area contributed by atoms with Crippen LogP contribution in [0.5, 0.6) is 0 Å².